The van der Waals surface area contributed by atoms with Crippen LogP contribution in [0.15, 0.2) is 60.7 Å². The van der Waals surface area contributed by atoms with E-state index in [9.17, 15) is 5.11 Å². The predicted octanol–water partition coefficient (Wildman–Crippen LogP) is 4.97. The Balaban J connectivity index is 1.58. The van der Waals surface area contributed by atoms with Gasteiger partial charge in [0.2, 0.25) is 5.88 Å². The Morgan fingerprint density at radius 2 is 1.70 bits per heavy atom. The number of aryl methyl sites for hydroxylation is 1. The van der Waals surface area contributed by atoms with Crippen LogP contribution in [0.25, 0.3) is 5.69 Å². The van der Waals surface area contributed by atoms with Gasteiger partial charge in [0.15, 0.2) is 0 Å². The summed E-state index contributed by atoms with van der Waals surface area (Å²) in [5, 5.41) is 15.5. The summed E-state index contributed by atoms with van der Waals surface area (Å²) in [5.41, 5.74) is 2.93. The zero-order valence-electron chi connectivity index (χ0n) is 19.9. The normalized spacial score (nSPS) is 14.7. The van der Waals surface area contributed by atoms with Crippen molar-refractivity contribution < 1.29 is 14.6 Å². The maximum absolute atomic E-state index is 10.6. The fourth-order valence-corrected chi connectivity index (χ4v) is 3.92. The number of aromatic nitrogens is 2. The average Bonchev–Trinajstić information content (AvgIpc) is 3.61. The SMILES string of the molecule is Cc1nn(-c2ccccc2)c(Oc2ccccc2)c1CN(C[C@@H](O)COCC(C)C)C1CC1. The summed E-state index contributed by atoms with van der Waals surface area (Å²) in [6.07, 6.45) is 1.79. The van der Waals surface area contributed by atoms with Gasteiger partial charge in [-0.05, 0) is 49.9 Å². The van der Waals surface area contributed by atoms with Crippen molar-refractivity contribution >= 4 is 0 Å². The van der Waals surface area contributed by atoms with Gasteiger partial charge in [-0.1, -0.05) is 50.2 Å². The second-order valence-electron chi connectivity index (χ2n) is 9.28. The van der Waals surface area contributed by atoms with Crippen molar-refractivity contribution in [1.29, 1.82) is 0 Å². The Labute approximate surface area is 196 Å². The van der Waals surface area contributed by atoms with Gasteiger partial charge in [0.1, 0.15) is 5.75 Å². The molecule has 4 rings (SSSR count). The topological polar surface area (TPSA) is 59.8 Å². The number of para-hydroxylation sites is 2. The molecule has 3 aromatic rings. The third-order valence-corrected chi connectivity index (χ3v) is 5.73. The van der Waals surface area contributed by atoms with Crippen LogP contribution in [0.1, 0.15) is 37.9 Å². The first-order valence-corrected chi connectivity index (χ1v) is 11.9. The van der Waals surface area contributed by atoms with E-state index in [4.69, 9.17) is 14.6 Å². The van der Waals surface area contributed by atoms with Crippen molar-refractivity contribution in [2.45, 2.75) is 52.3 Å². The van der Waals surface area contributed by atoms with Gasteiger partial charge < -0.3 is 14.6 Å². The number of hydrogen-bond acceptors (Lipinski definition) is 5. The molecule has 33 heavy (non-hydrogen) atoms. The van der Waals surface area contributed by atoms with Crippen molar-refractivity contribution in [1.82, 2.24) is 14.7 Å². The van der Waals surface area contributed by atoms with Gasteiger partial charge in [-0.25, -0.2) is 4.68 Å². The van der Waals surface area contributed by atoms with Crippen LogP contribution in [-0.4, -0.2) is 51.7 Å². The molecule has 0 bridgehead atoms. The molecule has 1 aromatic heterocycles. The predicted molar refractivity (Wildman–Crippen MR) is 130 cm³/mol. The van der Waals surface area contributed by atoms with E-state index in [1.165, 1.54) is 0 Å². The molecule has 0 radical (unpaired) electrons. The lowest BCUT2D eigenvalue weighted by atomic mass is 10.2. The van der Waals surface area contributed by atoms with Gasteiger partial charge in [-0.3, -0.25) is 4.90 Å². The van der Waals surface area contributed by atoms with Crippen LogP contribution in [0.2, 0.25) is 0 Å². The van der Waals surface area contributed by atoms with Crippen LogP contribution in [0.4, 0.5) is 0 Å². The summed E-state index contributed by atoms with van der Waals surface area (Å²) in [6, 6.07) is 20.4. The summed E-state index contributed by atoms with van der Waals surface area (Å²) >= 11 is 0. The lowest BCUT2D eigenvalue weighted by Gasteiger charge is -2.25. The molecule has 1 aliphatic rings. The minimum absolute atomic E-state index is 0.358. The van der Waals surface area contributed by atoms with Crippen molar-refractivity contribution in [3.8, 4) is 17.3 Å². The molecule has 6 heteroatoms. The highest BCUT2D eigenvalue weighted by molar-refractivity contribution is 5.43. The van der Waals surface area contributed by atoms with Crippen LogP contribution in [0, 0.1) is 12.8 Å². The van der Waals surface area contributed by atoms with Crippen LogP contribution < -0.4 is 4.74 Å². The van der Waals surface area contributed by atoms with Gasteiger partial charge in [0.25, 0.3) is 0 Å². The number of nitrogens with zero attached hydrogens (tertiary/aromatic N) is 3. The van der Waals surface area contributed by atoms with E-state index in [0.29, 0.717) is 38.3 Å². The lowest BCUT2D eigenvalue weighted by Crippen LogP contribution is -2.36. The molecule has 0 amide bonds. The number of benzene rings is 2. The molecule has 0 aliphatic heterocycles. The first-order chi connectivity index (χ1) is 16.0. The Morgan fingerprint density at radius 1 is 1.03 bits per heavy atom. The molecule has 0 spiro atoms. The van der Waals surface area contributed by atoms with E-state index < -0.39 is 6.10 Å². The fourth-order valence-electron chi connectivity index (χ4n) is 3.92. The Morgan fingerprint density at radius 3 is 2.33 bits per heavy atom. The molecule has 1 heterocycles. The summed E-state index contributed by atoms with van der Waals surface area (Å²) in [7, 11) is 0. The Hall–Kier alpha value is -2.67. The molecule has 1 fully saturated rings. The Kier molecular flexibility index (Phi) is 7.81. The number of ether oxygens (including phenoxy) is 2. The second-order valence-corrected chi connectivity index (χ2v) is 9.28. The third kappa shape index (κ3) is 6.44. The van der Waals surface area contributed by atoms with Gasteiger partial charge in [0, 0.05) is 25.7 Å². The third-order valence-electron chi connectivity index (χ3n) is 5.73. The zero-order valence-corrected chi connectivity index (χ0v) is 19.9. The summed E-state index contributed by atoms with van der Waals surface area (Å²) in [5.74, 6) is 1.96. The minimum Gasteiger partial charge on any atom is -0.439 e. The van der Waals surface area contributed by atoms with Crippen molar-refractivity contribution in [2.24, 2.45) is 5.92 Å². The second kappa shape index (κ2) is 11.0. The summed E-state index contributed by atoms with van der Waals surface area (Å²) < 4.78 is 14.0. The highest BCUT2D eigenvalue weighted by Gasteiger charge is 2.32. The van der Waals surface area contributed by atoms with Gasteiger partial charge in [-0.15, -0.1) is 0 Å². The number of aliphatic hydroxyl groups is 1. The molecule has 1 atom stereocenters. The fraction of sp³-hybridized carbons (Fsp3) is 0.444. The van der Waals surface area contributed by atoms with Crippen LogP contribution in [0.3, 0.4) is 0 Å². The zero-order chi connectivity index (χ0) is 23.2. The maximum atomic E-state index is 10.6. The van der Waals surface area contributed by atoms with E-state index >= 15 is 0 Å². The average molecular weight is 450 g/mol. The van der Waals surface area contributed by atoms with Crippen molar-refractivity contribution in [3.63, 3.8) is 0 Å². The van der Waals surface area contributed by atoms with Crippen LogP contribution >= 0.6 is 0 Å². The van der Waals surface area contributed by atoms with E-state index in [1.807, 2.05) is 72.3 Å². The van der Waals surface area contributed by atoms with E-state index in [2.05, 4.69) is 18.7 Å². The van der Waals surface area contributed by atoms with Crippen molar-refractivity contribution in [2.75, 3.05) is 19.8 Å². The molecular weight excluding hydrogens is 414 g/mol. The monoisotopic (exact) mass is 449 g/mol. The maximum Gasteiger partial charge on any atom is 0.227 e. The van der Waals surface area contributed by atoms with Crippen LogP contribution in [0.5, 0.6) is 11.6 Å². The highest BCUT2D eigenvalue weighted by Crippen LogP contribution is 2.35. The molecule has 1 saturated carbocycles. The number of rotatable bonds is 12. The number of aliphatic hydroxyl groups excluding tert-OH is 1. The quantitative estimate of drug-likeness (QED) is 0.423. The number of hydrogen-bond donors (Lipinski definition) is 1. The van der Waals surface area contributed by atoms with E-state index in [0.717, 1.165) is 41.4 Å². The smallest absolute Gasteiger partial charge is 0.227 e. The molecule has 0 unspecified atom stereocenters. The molecule has 6 nitrogen and oxygen atoms in total. The molecule has 176 valence electrons. The standard InChI is InChI=1S/C27H35N3O3/c1-20(2)18-32-19-24(31)16-29(22-14-15-22)17-26-21(3)28-30(23-10-6-4-7-11-23)27(26)33-25-12-8-5-9-13-25/h4-13,20,22,24,31H,14-19H2,1-3H3/t24-/m1/s1. The van der Waals surface area contributed by atoms with E-state index in [1.54, 1.807) is 0 Å². The van der Waals surface area contributed by atoms with Gasteiger partial charge in [0.05, 0.1) is 29.7 Å². The van der Waals surface area contributed by atoms with Gasteiger partial charge in [-0.2, -0.15) is 5.10 Å². The summed E-state index contributed by atoms with van der Waals surface area (Å²) in [4.78, 5) is 2.35. The lowest BCUT2D eigenvalue weighted by molar-refractivity contribution is 0.00536. The van der Waals surface area contributed by atoms with Gasteiger partial charge >= 0.3 is 0 Å². The summed E-state index contributed by atoms with van der Waals surface area (Å²) in [6.45, 7) is 8.53. The first-order valence-electron chi connectivity index (χ1n) is 11.9. The molecule has 1 aliphatic carbocycles. The van der Waals surface area contributed by atoms with Crippen LogP contribution in [-0.2, 0) is 11.3 Å². The highest BCUT2D eigenvalue weighted by atomic mass is 16.5. The molecule has 2 aromatic carbocycles. The Bertz CT molecular complexity index is 1000. The molecule has 1 N–H and O–H groups in total. The van der Waals surface area contributed by atoms with E-state index in [-0.39, 0.29) is 0 Å². The molecule has 0 saturated heterocycles. The van der Waals surface area contributed by atoms with Crippen molar-refractivity contribution in [3.05, 3.63) is 71.9 Å². The first kappa shape index (κ1) is 23.5. The largest absolute Gasteiger partial charge is 0.439 e. The minimum atomic E-state index is -0.521. The molecular formula is C27H35N3O3.